The molecular weight excluding hydrogens is 234 g/mol. The Morgan fingerprint density at radius 1 is 1.47 bits per heavy atom. The van der Waals surface area contributed by atoms with E-state index >= 15 is 0 Å². The molecule has 0 N–H and O–H groups in total. The predicted molar refractivity (Wildman–Crippen MR) is 66.1 cm³/mol. The van der Waals surface area contributed by atoms with E-state index in [0.29, 0.717) is 0 Å². The Kier molecular flexibility index (Phi) is 2.45. The number of aromatic nitrogens is 2. The van der Waals surface area contributed by atoms with E-state index in [4.69, 9.17) is 5.26 Å². The maximum atomic E-state index is 12.2. The van der Waals surface area contributed by atoms with Crippen LogP contribution in [0.1, 0.15) is 23.3 Å². The third-order valence-corrected chi connectivity index (χ3v) is 4.38. The molecular formula is C12H11N3OS. The lowest BCUT2D eigenvalue weighted by Crippen LogP contribution is -2.20. The molecule has 0 radical (unpaired) electrons. The Bertz CT molecular complexity index is 677. The van der Waals surface area contributed by atoms with Crippen molar-refractivity contribution in [1.29, 1.82) is 5.26 Å². The van der Waals surface area contributed by atoms with Crippen molar-refractivity contribution in [2.45, 2.75) is 32.2 Å². The van der Waals surface area contributed by atoms with Crippen molar-refractivity contribution >= 4 is 21.6 Å². The fourth-order valence-corrected chi connectivity index (χ4v) is 3.59. The Labute approximate surface area is 102 Å². The van der Waals surface area contributed by atoms with Gasteiger partial charge in [-0.1, -0.05) is 0 Å². The van der Waals surface area contributed by atoms with E-state index in [0.717, 1.165) is 29.5 Å². The van der Waals surface area contributed by atoms with Gasteiger partial charge in [0.25, 0.3) is 5.56 Å². The summed E-state index contributed by atoms with van der Waals surface area (Å²) in [6.45, 7) is 0.0758. The molecule has 3 rings (SSSR count). The Balaban J connectivity index is 2.31. The number of thiophene rings is 1. The number of hydrogen-bond donors (Lipinski definition) is 0. The van der Waals surface area contributed by atoms with Crippen LogP contribution in [-0.2, 0) is 19.4 Å². The Morgan fingerprint density at radius 2 is 2.29 bits per heavy atom. The molecule has 0 saturated carbocycles. The zero-order valence-electron chi connectivity index (χ0n) is 9.27. The van der Waals surface area contributed by atoms with Crippen molar-refractivity contribution in [2.24, 2.45) is 0 Å². The van der Waals surface area contributed by atoms with E-state index in [1.54, 1.807) is 11.3 Å². The van der Waals surface area contributed by atoms with Gasteiger partial charge in [0.1, 0.15) is 17.7 Å². The molecule has 0 aromatic carbocycles. The zero-order chi connectivity index (χ0) is 11.8. The lowest BCUT2D eigenvalue weighted by Gasteiger charge is -2.09. The van der Waals surface area contributed by atoms with Gasteiger partial charge in [0.2, 0.25) is 0 Å². The molecule has 86 valence electrons. The second kappa shape index (κ2) is 3.97. The van der Waals surface area contributed by atoms with Crippen molar-refractivity contribution < 1.29 is 0 Å². The number of rotatable bonds is 1. The van der Waals surface area contributed by atoms with Gasteiger partial charge in [-0.15, -0.1) is 11.3 Å². The number of fused-ring (bicyclic) bond motifs is 3. The van der Waals surface area contributed by atoms with Crippen LogP contribution in [0.3, 0.4) is 0 Å². The molecule has 4 nitrogen and oxygen atoms in total. The quantitative estimate of drug-likeness (QED) is 0.770. The minimum Gasteiger partial charge on any atom is -0.285 e. The lowest BCUT2D eigenvalue weighted by atomic mass is 9.97. The molecule has 17 heavy (non-hydrogen) atoms. The third-order valence-electron chi connectivity index (χ3n) is 3.18. The van der Waals surface area contributed by atoms with Gasteiger partial charge in [0, 0.05) is 4.88 Å². The molecule has 5 heteroatoms. The monoisotopic (exact) mass is 245 g/mol. The van der Waals surface area contributed by atoms with E-state index in [9.17, 15) is 4.79 Å². The summed E-state index contributed by atoms with van der Waals surface area (Å²) in [4.78, 5) is 18.7. The molecule has 0 saturated heterocycles. The SMILES string of the molecule is N#CCn1cnc2sc3c(c2c1=O)CCCC3. The molecule has 0 aliphatic heterocycles. The van der Waals surface area contributed by atoms with Crippen LogP contribution < -0.4 is 5.56 Å². The average Bonchev–Trinajstić information content (AvgIpc) is 2.72. The van der Waals surface area contributed by atoms with E-state index < -0.39 is 0 Å². The fourth-order valence-electron chi connectivity index (χ4n) is 2.37. The Morgan fingerprint density at radius 3 is 3.12 bits per heavy atom. The molecule has 2 aromatic rings. The molecule has 2 aromatic heterocycles. The molecule has 2 heterocycles. The van der Waals surface area contributed by atoms with Crippen LogP contribution in [0, 0.1) is 11.3 Å². The van der Waals surface area contributed by atoms with E-state index in [1.807, 2.05) is 6.07 Å². The lowest BCUT2D eigenvalue weighted by molar-refractivity contribution is 0.698. The second-order valence-electron chi connectivity index (χ2n) is 4.23. The molecule has 0 amide bonds. The first-order chi connectivity index (χ1) is 8.31. The summed E-state index contributed by atoms with van der Waals surface area (Å²) in [6, 6.07) is 1.99. The van der Waals surface area contributed by atoms with Crippen molar-refractivity contribution in [3.63, 3.8) is 0 Å². The molecule has 0 fully saturated rings. The van der Waals surface area contributed by atoms with E-state index in [-0.39, 0.29) is 12.1 Å². The Hall–Kier alpha value is -1.67. The number of nitriles is 1. The summed E-state index contributed by atoms with van der Waals surface area (Å²) in [5, 5.41) is 9.42. The number of nitrogens with zero attached hydrogens (tertiary/aromatic N) is 3. The van der Waals surface area contributed by atoms with Gasteiger partial charge in [0.15, 0.2) is 0 Å². The van der Waals surface area contributed by atoms with E-state index in [2.05, 4.69) is 4.98 Å². The van der Waals surface area contributed by atoms with Crippen molar-refractivity contribution in [3.8, 4) is 6.07 Å². The van der Waals surface area contributed by atoms with Crippen molar-refractivity contribution in [2.75, 3.05) is 0 Å². The largest absolute Gasteiger partial charge is 0.285 e. The highest BCUT2D eigenvalue weighted by atomic mass is 32.1. The first kappa shape index (κ1) is 10.5. The van der Waals surface area contributed by atoms with Crippen LogP contribution in [-0.4, -0.2) is 9.55 Å². The third kappa shape index (κ3) is 1.56. The van der Waals surface area contributed by atoms with Crippen molar-refractivity contribution in [3.05, 3.63) is 27.1 Å². The highest BCUT2D eigenvalue weighted by Crippen LogP contribution is 2.33. The highest BCUT2D eigenvalue weighted by Gasteiger charge is 2.19. The smallest absolute Gasteiger partial charge is 0.263 e. The normalized spacial score (nSPS) is 14.5. The summed E-state index contributed by atoms with van der Waals surface area (Å²) >= 11 is 1.63. The molecule has 0 unspecified atom stereocenters. The number of hydrogen-bond acceptors (Lipinski definition) is 4. The summed E-state index contributed by atoms with van der Waals surface area (Å²) in [6.07, 6.45) is 5.87. The summed E-state index contributed by atoms with van der Waals surface area (Å²) in [7, 11) is 0. The van der Waals surface area contributed by atoms with Crippen LogP contribution in [0.4, 0.5) is 0 Å². The highest BCUT2D eigenvalue weighted by molar-refractivity contribution is 7.18. The molecule has 0 bridgehead atoms. The maximum absolute atomic E-state index is 12.2. The summed E-state index contributed by atoms with van der Waals surface area (Å²) in [5.41, 5.74) is 1.12. The van der Waals surface area contributed by atoms with Gasteiger partial charge in [-0.05, 0) is 31.2 Å². The standard InChI is InChI=1S/C12H11N3OS/c13-5-6-15-7-14-11-10(12(15)16)8-3-1-2-4-9(8)17-11/h7H,1-4,6H2. The van der Waals surface area contributed by atoms with Crippen LogP contribution >= 0.6 is 11.3 Å². The molecule has 1 aliphatic rings. The van der Waals surface area contributed by atoms with Gasteiger partial charge >= 0.3 is 0 Å². The minimum absolute atomic E-state index is 0.0593. The molecule has 0 atom stereocenters. The van der Waals surface area contributed by atoms with Gasteiger partial charge in [-0.3, -0.25) is 9.36 Å². The molecule has 0 spiro atoms. The van der Waals surface area contributed by atoms with Crippen molar-refractivity contribution in [1.82, 2.24) is 9.55 Å². The van der Waals surface area contributed by atoms with E-state index in [1.165, 1.54) is 27.8 Å². The maximum Gasteiger partial charge on any atom is 0.263 e. The first-order valence-corrected chi connectivity index (χ1v) is 6.49. The van der Waals surface area contributed by atoms with Gasteiger partial charge in [0.05, 0.1) is 11.5 Å². The summed E-state index contributed by atoms with van der Waals surface area (Å²) in [5.74, 6) is 0. The van der Waals surface area contributed by atoms with Crippen LogP contribution in [0.25, 0.3) is 10.2 Å². The van der Waals surface area contributed by atoms with Gasteiger partial charge < -0.3 is 0 Å². The van der Waals surface area contributed by atoms with Crippen LogP contribution in [0.15, 0.2) is 11.1 Å². The average molecular weight is 245 g/mol. The predicted octanol–water partition coefficient (Wildman–Crippen LogP) is 1.86. The van der Waals surface area contributed by atoms with Gasteiger partial charge in [-0.25, -0.2) is 4.98 Å². The van der Waals surface area contributed by atoms with Gasteiger partial charge in [-0.2, -0.15) is 5.26 Å². The van der Waals surface area contributed by atoms with Crippen LogP contribution in [0.5, 0.6) is 0 Å². The molecule has 1 aliphatic carbocycles. The second-order valence-corrected chi connectivity index (χ2v) is 5.31. The number of aryl methyl sites for hydroxylation is 2. The summed E-state index contributed by atoms with van der Waals surface area (Å²) < 4.78 is 1.39. The van der Waals surface area contributed by atoms with Crippen LogP contribution in [0.2, 0.25) is 0 Å². The zero-order valence-corrected chi connectivity index (χ0v) is 10.1. The first-order valence-electron chi connectivity index (χ1n) is 5.68. The minimum atomic E-state index is -0.0593. The topological polar surface area (TPSA) is 58.7 Å². The fraction of sp³-hybridized carbons (Fsp3) is 0.417.